The lowest BCUT2D eigenvalue weighted by molar-refractivity contribution is -0.123. The van der Waals surface area contributed by atoms with Crippen LogP contribution in [0, 0.1) is 0 Å². The van der Waals surface area contributed by atoms with Crippen molar-refractivity contribution in [1.82, 2.24) is 15.1 Å². The number of halogens is 2. The summed E-state index contributed by atoms with van der Waals surface area (Å²) in [7, 11) is 0. The van der Waals surface area contributed by atoms with Gasteiger partial charge in [0, 0.05) is 29.2 Å². The summed E-state index contributed by atoms with van der Waals surface area (Å²) in [4.78, 5) is 29.1. The quantitative estimate of drug-likeness (QED) is 0.654. The smallest absolute Gasteiger partial charge is 0.288 e. The normalized spacial score (nSPS) is 16.5. The van der Waals surface area contributed by atoms with Crippen molar-refractivity contribution < 1.29 is 18.4 Å². The van der Waals surface area contributed by atoms with Gasteiger partial charge in [0.15, 0.2) is 0 Å². The fraction of sp³-hybridized carbons (Fsp3) is 0.600. The Hall–Kier alpha value is -1.71. The van der Waals surface area contributed by atoms with Crippen LogP contribution in [0.3, 0.4) is 0 Å². The SMILES string of the molecule is CC(C)(C)NC(=O)CN1CCCN(CC(=O)Nc2ccc(SC(F)F)cc2)CC1. The van der Waals surface area contributed by atoms with Gasteiger partial charge in [0.25, 0.3) is 5.76 Å². The lowest BCUT2D eigenvalue weighted by atomic mass is 10.1. The number of benzene rings is 1. The van der Waals surface area contributed by atoms with Crippen LogP contribution >= 0.6 is 11.8 Å². The molecular formula is C20H30F2N4O2S. The van der Waals surface area contributed by atoms with E-state index in [1.165, 1.54) is 0 Å². The highest BCUT2D eigenvalue weighted by Gasteiger charge is 2.20. The molecule has 0 radical (unpaired) electrons. The highest BCUT2D eigenvalue weighted by Crippen LogP contribution is 2.26. The zero-order valence-electron chi connectivity index (χ0n) is 17.2. The first kappa shape index (κ1) is 23.6. The maximum atomic E-state index is 12.4. The number of thioether (sulfide) groups is 1. The second-order valence-electron chi connectivity index (χ2n) is 8.16. The Bertz CT molecular complexity index is 680. The van der Waals surface area contributed by atoms with Gasteiger partial charge < -0.3 is 10.6 Å². The molecule has 0 aliphatic carbocycles. The standard InChI is InChI=1S/C20H30F2N4O2S/c1-20(2,3)24-18(28)14-26-10-4-9-25(11-12-26)13-17(27)23-15-5-7-16(8-6-15)29-19(21)22/h5-8,19H,4,9-14H2,1-3H3,(H,23,27)(H,24,28). The Morgan fingerprint density at radius 2 is 1.55 bits per heavy atom. The first-order chi connectivity index (χ1) is 13.6. The Balaban J connectivity index is 1.76. The van der Waals surface area contributed by atoms with Crippen molar-refractivity contribution in [1.29, 1.82) is 0 Å². The third-order valence-electron chi connectivity index (χ3n) is 4.29. The number of anilines is 1. The van der Waals surface area contributed by atoms with E-state index in [9.17, 15) is 18.4 Å². The summed E-state index contributed by atoms with van der Waals surface area (Å²) >= 11 is 0.477. The molecule has 9 heteroatoms. The number of nitrogens with zero attached hydrogens (tertiary/aromatic N) is 2. The van der Waals surface area contributed by atoms with E-state index in [2.05, 4.69) is 20.4 Å². The highest BCUT2D eigenvalue weighted by atomic mass is 32.2. The summed E-state index contributed by atoms with van der Waals surface area (Å²) in [5.41, 5.74) is 0.340. The third-order valence-corrected chi connectivity index (χ3v) is 5.02. The molecule has 1 aliphatic heterocycles. The second kappa shape index (κ2) is 10.9. The molecule has 1 heterocycles. The van der Waals surface area contributed by atoms with Gasteiger partial charge in [0.2, 0.25) is 11.8 Å². The van der Waals surface area contributed by atoms with Gasteiger partial charge in [-0.3, -0.25) is 19.4 Å². The third kappa shape index (κ3) is 9.56. The molecular weight excluding hydrogens is 398 g/mol. The van der Waals surface area contributed by atoms with Crippen LogP contribution in [-0.2, 0) is 9.59 Å². The highest BCUT2D eigenvalue weighted by molar-refractivity contribution is 7.99. The fourth-order valence-corrected chi connectivity index (χ4v) is 3.62. The molecule has 0 atom stereocenters. The number of amides is 2. The fourth-order valence-electron chi connectivity index (χ4n) is 3.12. The van der Waals surface area contributed by atoms with Crippen LogP contribution < -0.4 is 10.6 Å². The van der Waals surface area contributed by atoms with Crippen molar-refractivity contribution in [3.8, 4) is 0 Å². The van der Waals surface area contributed by atoms with Crippen LogP contribution in [0.25, 0.3) is 0 Å². The molecule has 0 aromatic heterocycles. The molecule has 1 saturated heterocycles. The molecule has 1 fully saturated rings. The van der Waals surface area contributed by atoms with Crippen LogP contribution in [0.4, 0.5) is 14.5 Å². The number of carbonyl (C=O) groups is 2. The van der Waals surface area contributed by atoms with Crippen molar-refractivity contribution in [3.63, 3.8) is 0 Å². The Kier molecular flexibility index (Phi) is 8.85. The van der Waals surface area contributed by atoms with Crippen LogP contribution in [-0.4, -0.2) is 72.2 Å². The Morgan fingerprint density at radius 3 is 2.07 bits per heavy atom. The van der Waals surface area contributed by atoms with Crippen LogP contribution in [0.2, 0.25) is 0 Å². The number of hydrogen-bond donors (Lipinski definition) is 2. The van der Waals surface area contributed by atoms with E-state index in [0.717, 1.165) is 26.1 Å². The van der Waals surface area contributed by atoms with Gasteiger partial charge in [-0.15, -0.1) is 0 Å². The van der Waals surface area contributed by atoms with Crippen LogP contribution in [0.15, 0.2) is 29.2 Å². The predicted molar refractivity (Wildman–Crippen MR) is 112 cm³/mol. The minimum Gasteiger partial charge on any atom is -0.350 e. The van der Waals surface area contributed by atoms with Crippen molar-refractivity contribution in [2.45, 2.75) is 43.4 Å². The summed E-state index contributed by atoms with van der Waals surface area (Å²) in [6.07, 6.45) is 0.885. The van der Waals surface area contributed by atoms with E-state index >= 15 is 0 Å². The van der Waals surface area contributed by atoms with Gasteiger partial charge in [-0.1, -0.05) is 11.8 Å². The minimum atomic E-state index is -2.46. The molecule has 162 valence electrons. The van der Waals surface area contributed by atoms with E-state index in [0.29, 0.717) is 35.4 Å². The van der Waals surface area contributed by atoms with Gasteiger partial charge in [0.1, 0.15) is 0 Å². The van der Waals surface area contributed by atoms with Crippen molar-refractivity contribution in [2.75, 3.05) is 44.6 Å². The first-order valence-electron chi connectivity index (χ1n) is 9.71. The molecule has 1 aromatic rings. The van der Waals surface area contributed by atoms with E-state index in [1.807, 2.05) is 20.8 Å². The van der Waals surface area contributed by atoms with E-state index < -0.39 is 5.76 Å². The van der Waals surface area contributed by atoms with Crippen LogP contribution in [0.1, 0.15) is 27.2 Å². The molecule has 1 aromatic carbocycles. The molecule has 0 bridgehead atoms. The molecule has 2 N–H and O–H groups in total. The van der Waals surface area contributed by atoms with Gasteiger partial charge in [-0.2, -0.15) is 8.78 Å². The average Bonchev–Trinajstić information content (AvgIpc) is 2.79. The van der Waals surface area contributed by atoms with Crippen LogP contribution in [0.5, 0.6) is 0 Å². The molecule has 29 heavy (non-hydrogen) atoms. The van der Waals surface area contributed by atoms with E-state index in [-0.39, 0.29) is 23.9 Å². The molecule has 0 spiro atoms. The molecule has 0 saturated carbocycles. The first-order valence-corrected chi connectivity index (χ1v) is 10.6. The van der Waals surface area contributed by atoms with Crippen molar-refractivity contribution in [3.05, 3.63) is 24.3 Å². The maximum Gasteiger partial charge on any atom is 0.288 e. The largest absolute Gasteiger partial charge is 0.350 e. The average molecular weight is 429 g/mol. The number of carbonyl (C=O) groups excluding carboxylic acids is 2. The molecule has 1 aliphatic rings. The van der Waals surface area contributed by atoms with Gasteiger partial charge >= 0.3 is 0 Å². The van der Waals surface area contributed by atoms with Gasteiger partial charge in [-0.05, 0) is 64.5 Å². The lowest BCUT2D eigenvalue weighted by Crippen LogP contribution is -2.46. The number of nitrogens with one attached hydrogen (secondary N) is 2. The zero-order valence-corrected chi connectivity index (χ0v) is 18.0. The summed E-state index contributed by atoms with van der Waals surface area (Å²) in [6.45, 7) is 9.53. The predicted octanol–water partition coefficient (Wildman–Crippen LogP) is 2.86. The van der Waals surface area contributed by atoms with E-state index in [4.69, 9.17) is 0 Å². The molecule has 0 unspecified atom stereocenters. The lowest BCUT2D eigenvalue weighted by Gasteiger charge is -2.25. The monoisotopic (exact) mass is 428 g/mol. The van der Waals surface area contributed by atoms with Gasteiger partial charge in [0.05, 0.1) is 13.1 Å². The summed E-state index contributed by atoms with van der Waals surface area (Å²) in [5.74, 6) is -2.59. The second-order valence-corrected chi connectivity index (χ2v) is 9.22. The minimum absolute atomic E-state index is 0.0112. The molecule has 2 amide bonds. The topological polar surface area (TPSA) is 64.7 Å². The summed E-state index contributed by atoms with van der Waals surface area (Å²) in [6, 6.07) is 6.39. The molecule has 2 rings (SSSR count). The Morgan fingerprint density at radius 1 is 1.00 bits per heavy atom. The number of hydrogen-bond acceptors (Lipinski definition) is 5. The number of rotatable bonds is 7. The maximum absolute atomic E-state index is 12.4. The van der Waals surface area contributed by atoms with E-state index in [1.54, 1.807) is 24.3 Å². The van der Waals surface area contributed by atoms with Crippen molar-refractivity contribution in [2.24, 2.45) is 0 Å². The number of alkyl halides is 2. The zero-order chi connectivity index (χ0) is 21.4. The summed E-state index contributed by atoms with van der Waals surface area (Å²) < 4.78 is 24.7. The van der Waals surface area contributed by atoms with Crippen molar-refractivity contribution >= 4 is 29.3 Å². The Labute approximate surface area is 175 Å². The summed E-state index contributed by atoms with van der Waals surface area (Å²) in [5, 5.41) is 5.77. The van der Waals surface area contributed by atoms with Gasteiger partial charge in [-0.25, -0.2) is 0 Å². The molecule has 6 nitrogen and oxygen atoms in total.